The standard InChI is InChI=1S/C21H23FN2O5S/c22-17-6-2-3-7-18(17)24(15-21(25)23-10-4-1-5-11-23)30(26,27)16-8-9-19-20(14-16)29-13-12-28-19/h2-3,6-9,14H,1,4-5,10-13,15H2. The van der Waals surface area contributed by atoms with Gasteiger partial charge in [0, 0.05) is 19.2 Å². The molecule has 0 N–H and O–H groups in total. The lowest BCUT2D eigenvalue weighted by Gasteiger charge is -2.31. The summed E-state index contributed by atoms with van der Waals surface area (Å²) < 4.78 is 53.3. The highest BCUT2D eigenvalue weighted by Crippen LogP contribution is 2.34. The van der Waals surface area contributed by atoms with Crippen LogP contribution in [0.15, 0.2) is 47.4 Å². The number of ether oxygens (including phenoxy) is 2. The van der Waals surface area contributed by atoms with Crippen LogP contribution in [0, 0.1) is 5.82 Å². The molecule has 9 heteroatoms. The van der Waals surface area contributed by atoms with E-state index in [0.717, 1.165) is 23.6 Å². The number of rotatable bonds is 5. The number of nitrogens with zero attached hydrogens (tertiary/aromatic N) is 2. The number of carbonyl (C=O) groups is 1. The molecule has 0 unspecified atom stereocenters. The van der Waals surface area contributed by atoms with E-state index >= 15 is 0 Å². The largest absolute Gasteiger partial charge is 0.486 e. The number of para-hydroxylation sites is 1. The summed E-state index contributed by atoms with van der Waals surface area (Å²) in [6.07, 6.45) is 2.79. The molecule has 2 aliphatic rings. The molecule has 0 aliphatic carbocycles. The summed E-state index contributed by atoms with van der Waals surface area (Å²) in [5.41, 5.74) is -0.169. The normalized spacial score (nSPS) is 16.2. The Hall–Kier alpha value is -2.81. The van der Waals surface area contributed by atoms with E-state index in [9.17, 15) is 17.6 Å². The van der Waals surface area contributed by atoms with Gasteiger partial charge in [-0.2, -0.15) is 0 Å². The second-order valence-electron chi connectivity index (χ2n) is 7.21. The Bertz CT molecular complexity index is 1040. The van der Waals surface area contributed by atoms with Crippen LogP contribution in [0.4, 0.5) is 10.1 Å². The first kappa shape index (κ1) is 20.5. The first-order valence-corrected chi connectivity index (χ1v) is 11.4. The fraction of sp³-hybridized carbons (Fsp3) is 0.381. The fourth-order valence-electron chi connectivity index (χ4n) is 3.63. The molecule has 0 aromatic heterocycles. The Labute approximate surface area is 175 Å². The number of anilines is 1. The van der Waals surface area contributed by atoms with Crippen molar-refractivity contribution in [3.8, 4) is 11.5 Å². The van der Waals surface area contributed by atoms with E-state index in [1.165, 1.54) is 42.5 Å². The van der Waals surface area contributed by atoms with Gasteiger partial charge in [-0.3, -0.25) is 9.10 Å². The number of fused-ring (bicyclic) bond motifs is 1. The van der Waals surface area contributed by atoms with Crippen LogP contribution < -0.4 is 13.8 Å². The summed E-state index contributed by atoms with van der Waals surface area (Å²) in [6.45, 7) is 1.37. The fourth-order valence-corrected chi connectivity index (χ4v) is 5.07. The molecule has 0 bridgehead atoms. The summed E-state index contributed by atoms with van der Waals surface area (Å²) in [5, 5.41) is 0. The van der Waals surface area contributed by atoms with Crippen LogP contribution in [-0.2, 0) is 14.8 Å². The van der Waals surface area contributed by atoms with Gasteiger partial charge in [0.2, 0.25) is 5.91 Å². The van der Waals surface area contributed by atoms with E-state index in [4.69, 9.17) is 9.47 Å². The second-order valence-corrected chi connectivity index (χ2v) is 9.07. The van der Waals surface area contributed by atoms with E-state index < -0.39 is 22.4 Å². The Balaban J connectivity index is 1.71. The lowest BCUT2D eigenvalue weighted by Crippen LogP contribution is -2.45. The molecule has 30 heavy (non-hydrogen) atoms. The molecule has 2 heterocycles. The van der Waals surface area contributed by atoms with Gasteiger partial charge in [-0.1, -0.05) is 12.1 Å². The minimum absolute atomic E-state index is 0.0959. The summed E-state index contributed by atoms with van der Waals surface area (Å²) >= 11 is 0. The zero-order valence-electron chi connectivity index (χ0n) is 16.4. The van der Waals surface area contributed by atoms with Crippen LogP contribution in [0.2, 0.25) is 0 Å². The van der Waals surface area contributed by atoms with E-state index in [-0.39, 0.29) is 16.5 Å². The predicted molar refractivity (Wildman–Crippen MR) is 109 cm³/mol. The number of likely N-dealkylation sites (tertiary alicyclic amines) is 1. The van der Waals surface area contributed by atoms with Crippen molar-refractivity contribution < 1.29 is 27.1 Å². The van der Waals surface area contributed by atoms with E-state index in [2.05, 4.69) is 0 Å². The lowest BCUT2D eigenvalue weighted by molar-refractivity contribution is -0.130. The highest BCUT2D eigenvalue weighted by Gasteiger charge is 2.32. The number of piperidine rings is 1. The van der Waals surface area contributed by atoms with Crippen molar-refractivity contribution in [2.24, 2.45) is 0 Å². The Morgan fingerprint density at radius 2 is 1.70 bits per heavy atom. The molecule has 2 aliphatic heterocycles. The topological polar surface area (TPSA) is 76.2 Å². The van der Waals surface area contributed by atoms with Gasteiger partial charge in [0.1, 0.15) is 25.6 Å². The van der Waals surface area contributed by atoms with Gasteiger partial charge in [-0.05, 0) is 43.5 Å². The third-order valence-corrected chi connectivity index (χ3v) is 6.97. The molecular formula is C21H23FN2O5S. The SMILES string of the molecule is O=C(CN(c1ccccc1F)S(=O)(=O)c1ccc2c(c1)OCCO2)N1CCCCC1. The van der Waals surface area contributed by atoms with Crippen molar-refractivity contribution in [2.45, 2.75) is 24.2 Å². The number of sulfonamides is 1. The van der Waals surface area contributed by atoms with Crippen molar-refractivity contribution >= 4 is 21.6 Å². The maximum atomic E-state index is 14.6. The van der Waals surface area contributed by atoms with Gasteiger partial charge in [0.25, 0.3) is 10.0 Å². The van der Waals surface area contributed by atoms with Crippen molar-refractivity contribution in [2.75, 3.05) is 37.2 Å². The number of amides is 1. The molecule has 0 radical (unpaired) electrons. The minimum atomic E-state index is -4.23. The smallest absolute Gasteiger partial charge is 0.265 e. The number of benzene rings is 2. The van der Waals surface area contributed by atoms with Gasteiger partial charge in [0.15, 0.2) is 11.5 Å². The highest BCUT2D eigenvalue weighted by molar-refractivity contribution is 7.92. The molecular weight excluding hydrogens is 411 g/mol. The van der Waals surface area contributed by atoms with E-state index in [1.807, 2.05) is 0 Å². The molecule has 7 nitrogen and oxygen atoms in total. The first-order chi connectivity index (χ1) is 14.5. The molecule has 4 rings (SSSR count). The summed E-state index contributed by atoms with van der Waals surface area (Å²) in [7, 11) is -4.23. The van der Waals surface area contributed by atoms with Crippen LogP contribution >= 0.6 is 0 Å². The third-order valence-electron chi connectivity index (χ3n) is 5.21. The van der Waals surface area contributed by atoms with Gasteiger partial charge in [0.05, 0.1) is 10.6 Å². The summed E-state index contributed by atoms with van der Waals surface area (Å²) in [5.74, 6) is -0.315. The molecule has 0 saturated carbocycles. The molecule has 0 spiro atoms. The Kier molecular flexibility index (Phi) is 5.80. The third kappa shape index (κ3) is 4.07. The van der Waals surface area contributed by atoms with Crippen molar-refractivity contribution in [1.82, 2.24) is 4.90 Å². The van der Waals surface area contributed by atoms with Gasteiger partial charge in [-0.15, -0.1) is 0 Å². The van der Waals surface area contributed by atoms with E-state index in [0.29, 0.717) is 37.8 Å². The summed E-state index contributed by atoms with van der Waals surface area (Å²) in [6, 6.07) is 9.77. The average molecular weight is 434 g/mol. The maximum absolute atomic E-state index is 14.6. The first-order valence-electron chi connectivity index (χ1n) is 9.91. The number of halogens is 1. The average Bonchev–Trinajstić information content (AvgIpc) is 2.78. The highest BCUT2D eigenvalue weighted by atomic mass is 32.2. The van der Waals surface area contributed by atoms with Crippen LogP contribution in [0.1, 0.15) is 19.3 Å². The molecule has 2 aromatic carbocycles. The molecule has 1 fully saturated rings. The van der Waals surface area contributed by atoms with E-state index in [1.54, 1.807) is 4.90 Å². The lowest BCUT2D eigenvalue weighted by atomic mass is 10.1. The molecule has 0 atom stereocenters. The summed E-state index contributed by atoms with van der Waals surface area (Å²) in [4.78, 5) is 14.4. The molecule has 2 aromatic rings. The van der Waals surface area contributed by atoms with Crippen molar-refractivity contribution in [1.29, 1.82) is 0 Å². The maximum Gasteiger partial charge on any atom is 0.265 e. The molecule has 160 valence electrons. The number of hydrogen-bond donors (Lipinski definition) is 0. The minimum Gasteiger partial charge on any atom is -0.486 e. The van der Waals surface area contributed by atoms with Crippen LogP contribution in [0.25, 0.3) is 0 Å². The van der Waals surface area contributed by atoms with Gasteiger partial charge < -0.3 is 14.4 Å². The Morgan fingerprint density at radius 3 is 2.43 bits per heavy atom. The zero-order valence-corrected chi connectivity index (χ0v) is 17.2. The second kappa shape index (κ2) is 8.51. The van der Waals surface area contributed by atoms with Crippen molar-refractivity contribution in [3.63, 3.8) is 0 Å². The van der Waals surface area contributed by atoms with Crippen LogP contribution in [0.5, 0.6) is 11.5 Å². The molecule has 1 amide bonds. The Morgan fingerprint density at radius 1 is 1.00 bits per heavy atom. The predicted octanol–water partition coefficient (Wildman–Crippen LogP) is 2.80. The zero-order chi connectivity index (χ0) is 21.1. The van der Waals surface area contributed by atoms with Crippen LogP contribution in [-0.4, -0.2) is 52.1 Å². The molecule has 1 saturated heterocycles. The number of hydrogen-bond acceptors (Lipinski definition) is 5. The monoisotopic (exact) mass is 434 g/mol. The quantitative estimate of drug-likeness (QED) is 0.723. The van der Waals surface area contributed by atoms with Gasteiger partial charge in [-0.25, -0.2) is 12.8 Å². The number of carbonyl (C=O) groups excluding carboxylic acids is 1. The van der Waals surface area contributed by atoms with Gasteiger partial charge >= 0.3 is 0 Å². The van der Waals surface area contributed by atoms with Crippen LogP contribution in [0.3, 0.4) is 0 Å². The van der Waals surface area contributed by atoms with Crippen molar-refractivity contribution in [3.05, 3.63) is 48.3 Å².